The Hall–Kier alpha value is -1.74. The van der Waals surface area contributed by atoms with Crippen molar-refractivity contribution in [2.24, 2.45) is 0 Å². The maximum Gasteiger partial charge on any atom is 0.243 e. The molecule has 26 heavy (non-hydrogen) atoms. The Labute approximate surface area is 155 Å². The molecule has 0 aromatic heterocycles. The Morgan fingerprint density at radius 2 is 1.65 bits per heavy atom. The number of rotatable bonds is 4. The van der Waals surface area contributed by atoms with E-state index in [0.717, 1.165) is 15.4 Å². The summed E-state index contributed by atoms with van der Waals surface area (Å²) in [6, 6.07) is 11.8. The van der Waals surface area contributed by atoms with Gasteiger partial charge in [-0.2, -0.15) is 4.31 Å². The fraction of sp³-hybridized carbons (Fsp3) is 0.333. The van der Waals surface area contributed by atoms with Gasteiger partial charge in [0.05, 0.1) is 9.79 Å². The second kappa shape index (κ2) is 6.77. The van der Waals surface area contributed by atoms with Crippen LogP contribution in [0.25, 0.3) is 0 Å². The highest BCUT2D eigenvalue weighted by atomic mass is 32.2. The normalized spacial score (nSPS) is 15.8. The van der Waals surface area contributed by atoms with E-state index in [9.17, 15) is 16.8 Å². The minimum absolute atomic E-state index is 0.169. The quantitative estimate of drug-likeness (QED) is 0.795. The molecule has 0 fully saturated rings. The highest BCUT2D eigenvalue weighted by molar-refractivity contribution is 7.89. The summed E-state index contributed by atoms with van der Waals surface area (Å²) in [5.41, 5.74) is 2.41. The first kappa shape index (κ1) is 19.0. The van der Waals surface area contributed by atoms with Crippen molar-refractivity contribution in [1.82, 2.24) is 8.61 Å². The molecule has 8 heteroatoms. The molecule has 0 saturated heterocycles. The Kier molecular flexibility index (Phi) is 4.96. The lowest BCUT2D eigenvalue weighted by molar-refractivity contribution is 0.390. The maximum absolute atomic E-state index is 13.0. The summed E-state index contributed by atoms with van der Waals surface area (Å²) in [5.74, 6) is 0. The van der Waals surface area contributed by atoms with Gasteiger partial charge < -0.3 is 0 Å². The lowest BCUT2D eigenvalue weighted by Crippen LogP contribution is -2.36. The van der Waals surface area contributed by atoms with Crippen LogP contribution in [0.15, 0.2) is 52.3 Å². The minimum Gasteiger partial charge on any atom is -0.207 e. The van der Waals surface area contributed by atoms with Crippen LogP contribution in [-0.2, 0) is 33.0 Å². The van der Waals surface area contributed by atoms with E-state index < -0.39 is 20.0 Å². The summed E-state index contributed by atoms with van der Waals surface area (Å²) in [5, 5.41) is 0. The van der Waals surface area contributed by atoms with Gasteiger partial charge in [0, 0.05) is 27.2 Å². The molecule has 1 aliphatic rings. The summed E-state index contributed by atoms with van der Waals surface area (Å²) < 4.78 is 53.3. The first-order valence-electron chi connectivity index (χ1n) is 8.24. The molecule has 0 N–H and O–H groups in total. The lowest BCUT2D eigenvalue weighted by Gasteiger charge is -2.29. The average molecular weight is 395 g/mol. The van der Waals surface area contributed by atoms with Crippen molar-refractivity contribution in [3.8, 4) is 0 Å². The third-order valence-electron chi connectivity index (χ3n) is 4.64. The van der Waals surface area contributed by atoms with Gasteiger partial charge in [-0.05, 0) is 48.2 Å². The van der Waals surface area contributed by atoms with Crippen molar-refractivity contribution in [3.63, 3.8) is 0 Å². The molecular weight excluding hydrogens is 372 g/mol. The van der Waals surface area contributed by atoms with Crippen molar-refractivity contribution < 1.29 is 16.8 Å². The predicted octanol–water partition coefficient (Wildman–Crippen LogP) is 1.99. The lowest BCUT2D eigenvalue weighted by atomic mass is 10.0. The fourth-order valence-electron chi connectivity index (χ4n) is 3.07. The number of hydrogen-bond acceptors (Lipinski definition) is 4. The topological polar surface area (TPSA) is 74.8 Å². The molecule has 0 atom stereocenters. The van der Waals surface area contributed by atoms with Crippen molar-refractivity contribution in [2.45, 2.75) is 29.7 Å². The molecule has 0 radical (unpaired) electrons. The highest BCUT2D eigenvalue weighted by Crippen LogP contribution is 2.28. The standard InChI is InChI=1S/C18H22N2O4S2/c1-14-6-4-5-7-18(14)26(23,24)20-11-10-15-8-9-17(12-16(15)13-20)25(21,22)19(2)3/h4-9,12H,10-11,13H2,1-3H3. The van der Waals surface area contributed by atoms with Gasteiger partial charge in [-0.3, -0.25) is 0 Å². The largest absolute Gasteiger partial charge is 0.243 e. The summed E-state index contributed by atoms with van der Waals surface area (Å²) in [7, 11) is -4.23. The molecule has 3 rings (SSSR count). The van der Waals surface area contributed by atoms with Crippen LogP contribution in [0.5, 0.6) is 0 Å². The smallest absolute Gasteiger partial charge is 0.207 e. The summed E-state index contributed by atoms with van der Waals surface area (Å²) >= 11 is 0. The molecule has 140 valence electrons. The molecule has 0 spiro atoms. The van der Waals surface area contributed by atoms with Crippen LogP contribution in [0.2, 0.25) is 0 Å². The van der Waals surface area contributed by atoms with E-state index in [1.807, 2.05) is 0 Å². The van der Waals surface area contributed by atoms with Crippen LogP contribution in [0.4, 0.5) is 0 Å². The molecule has 6 nitrogen and oxygen atoms in total. The Morgan fingerprint density at radius 3 is 2.31 bits per heavy atom. The zero-order valence-electron chi connectivity index (χ0n) is 15.0. The number of aryl methyl sites for hydroxylation is 1. The maximum atomic E-state index is 13.0. The number of sulfonamides is 2. The molecule has 0 saturated carbocycles. The molecule has 0 bridgehead atoms. The van der Waals surface area contributed by atoms with Crippen LogP contribution in [0, 0.1) is 6.92 Å². The van der Waals surface area contributed by atoms with E-state index in [0.29, 0.717) is 23.4 Å². The Morgan fingerprint density at radius 1 is 0.962 bits per heavy atom. The van der Waals surface area contributed by atoms with Gasteiger partial charge in [0.2, 0.25) is 20.0 Å². The monoisotopic (exact) mass is 394 g/mol. The summed E-state index contributed by atoms with van der Waals surface area (Å²) in [6.07, 6.45) is 0.558. The highest BCUT2D eigenvalue weighted by Gasteiger charge is 2.30. The van der Waals surface area contributed by atoms with Gasteiger partial charge in [0.25, 0.3) is 0 Å². The third-order valence-corrected chi connectivity index (χ3v) is 8.46. The van der Waals surface area contributed by atoms with Gasteiger partial charge >= 0.3 is 0 Å². The molecule has 0 unspecified atom stereocenters. The molecule has 0 amide bonds. The number of fused-ring (bicyclic) bond motifs is 1. The third kappa shape index (κ3) is 3.29. The predicted molar refractivity (Wildman–Crippen MR) is 99.8 cm³/mol. The van der Waals surface area contributed by atoms with Crippen LogP contribution >= 0.6 is 0 Å². The molecular formula is C18H22N2O4S2. The first-order chi connectivity index (χ1) is 12.1. The van der Waals surface area contributed by atoms with E-state index in [1.54, 1.807) is 49.4 Å². The van der Waals surface area contributed by atoms with Crippen molar-refractivity contribution in [3.05, 3.63) is 59.2 Å². The van der Waals surface area contributed by atoms with Crippen molar-refractivity contribution >= 4 is 20.0 Å². The number of nitrogens with zero attached hydrogens (tertiary/aromatic N) is 2. The van der Waals surface area contributed by atoms with Gasteiger partial charge in [-0.15, -0.1) is 0 Å². The second-order valence-electron chi connectivity index (χ2n) is 6.57. The first-order valence-corrected chi connectivity index (χ1v) is 11.1. The van der Waals surface area contributed by atoms with E-state index in [2.05, 4.69) is 0 Å². The zero-order chi connectivity index (χ0) is 19.1. The number of benzene rings is 2. The van der Waals surface area contributed by atoms with E-state index in [4.69, 9.17) is 0 Å². The van der Waals surface area contributed by atoms with E-state index in [1.165, 1.54) is 18.4 Å². The molecule has 1 heterocycles. The second-order valence-corrected chi connectivity index (χ2v) is 10.6. The average Bonchev–Trinajstić information content (AvgIpc) is 2.60. The SMILES string of the molecule is Cc1ccccc1S(=O)(=O)N1CCc2ccc(S(=O)(=O)N(C)C)cc2C1. The fourth-order valence-corrected chi connectivity index (χ4v) is 5.67. The van der Waals surface area contributed by atoms with Gasteiger partial charge in [-0.1, -0.05) is 24.3 Å². The molecule has 1 aliphatic heterocycles. The zero-order valence-corrected chi connectivity index (χ0v) is 16.6. The van der Waals surface area contributed by atoms with Crippen molar-refractivity contribution in [1.29, 1.82) is 0 Å². The molecule has 2 aromatic rings. The minimum atomic E-state index is -3.63. The van der Waals surface area contributed by atoms with Gasteiger partial charge in [-0.25, -0.2) is 21.1 Å². The summed E-state index contributed by atoms with van der Waals surface area (Å²) in [4.78, 5) is 0.469. The van der Waals surface area contributed by atoms with Crippen LogP contribution in [0.3, 0.4) is 0 Å². The Bertz CT molecular complexity index is 1040. The molecule has 2 aromatic carbocycles. The van der Waals surface area contributed by atoms with Gasteiger partial charge in [0.1, 0.15) is 0 Å². The van der Waals surface area contributed by atoms with Crippen LogP contribution in [0.1, 0.15) is 16.7 Å². The Balaban J connectivity index is 1.98. The van der Waals surface area contributed by atoms with Crippen LogP contribution < -0.4 is 0 Å². The molecule has 0 aliphatic carbocycles. The van der Waals surface area contributed by atoms with E-state index >= 15 is 0 Å². The van der Waals surface area contributed by atoms with Crippen molar-refractivity contribution in [2.75, 3.05) is 20.6 Å². The van der Waals surface area contributed by atoms with Gasteiger partial charge in [0.15, 0.2) is 0 Å². The summed E-state index contributed by atoms with van der Waals surface area (Å²) in [6.45, 7) is 2.32. The van der Waals surface area contributed by atoms with E-state index in [-0.39, 0.29) is 11.4 Å². The van der Waals surface area contributed by atoms with Crippen LogP contribution in [-0.4, -0.2) is 46.1 Å². The number of hydrogen-bond donors (Lipinski definition) is 0.